The molecule has 3 unspecified atom stereocenters. The largest absolute Gasteiger partial charge is 0.390 e. The van der Waals surface area contributed by atoms with Gasteiger partial charge in [-0.15, -0.1) is 0 Å². The van der Waals surface area contributed by atoms with Crippen LogP contribution in [0.1, 0.15) is 32.3 Å². The van der Waals surface area contributed by atoms with Crippen molar-refractivity contribution in [3.63, 3.8) is 0 Å². The van der Waals surface area contributed by atoms with Gasteiger partial charge in [-0.25, -0.2) is 0 Å². The van der Waals surface area contributed by atoms with E-state index in [0.29, 0.717) is 19.3 Å². The van der Waals surface area contributed by atoms with Crippen LogP contribution in [-0.2, 0) is 16.0 Å². The number of nitrogens with zero attached hydrogens (tertiary/aromatic N) is 1. The fourth-order valence-electron chi connectivity index (χ4n) is 3.80. The van der Waals surface area contributed by atoms with E-state index < -0.39 is 17.1 Å². The molecule has 1 N–H and O–H groups in total. The minimum atomic E-state index is -0.721. The van der Waals surface area contributed by atoms with Gasteiger partial charge in [-0.2, -0.15) is 5.26 Å². The molecule has 1 aromatic rings. The molecule has 23 heavy (non-hydrogen) atoms. The molecular formula is C19H21NO3. The van der Waals surface area contributed by atoms with Crippen LogP contribution in [0.4, 0.5) is 0 Å². The van der Waals surface area contributed by atoms with Crippen molar-refractivity contribution < 1.29 is 14.6 Å². The average Bonchev–Trinajstić information content (AvgIpc) is 2.79. The van der Waals surface area contributed by atoms with Gasteiger partial charge in [0.15, 0.2) is 5.78 Å². The van der Waals surface area contributed by atoms with Gasteiger partial charge in [0.25, 0.3) is 0 Å². The number of rotatable bonds is 2. The maximum Gasteiger partial charge on any atom is 0.178 e. The van der Waals surface area contributed by atoms with E-state index in [4.69, 9.17) is 4.74 Å². The molecule has 1 heterocycles. The van der Waals surface area contributed by atoms with E-state index in [0.717, 1.165) is 5.56 Å². The molecule has 4 nitrogen and oxygen atoms in total. The second-order valence-corrected chi connectivity index (χ2v) is 7.24. The molecule has 1 aliphatic carbocycles. The lowest BCUT2D eigenvalue weighted by atomic mass is 9.69. The third-order valence-electron chi connectivity index (χ3n) is 4.78. The Morgan fingerprint density at radius 1 is 1.35 bits per heavy atom. The molecule has 2 aliphatic rings. The van der Waals surface area contributed by atoms with E-state index in [9.17, 15) is 15.2 Å². The highest BCUT2D eigenvalue weighted by atomic mass is 16.5. The SMILES string of the molecule is CC1(C)CC2(C=C(C#N)C1=O)CC(O)C(Cc1ccccc1)O2. The molecule has 0 aromatic heterocycles. The molecular weight excluding hydrogens is 290 g/mol. The van der Waals surface area contributed by atoms with Gasteiger partial charge in [0.2, 0.25) is 0 Å². The van der Waals surface area contributed by atoms with Crippen LogP contribution in [-0.4, -0.2) is 28.7 Å². The van der Waals surface area contributed by atoms with Crippen LogP contribution in [0.5, 0.6) is 0 Å². The number of aliphatic hydroxyl groups is 1. The van der Waals surface area contributed by atoms with Gasteiger partial charge in [-0.05, 0) is 18.1 Å². The van der Waals surface area contributed by atoms with Crippen LogP contribution >= 0.6 is 0 Å². The lowest BCUT2D eigenvalue weighted by Crippen LogP contribution is -2.42. The number of hydrogen-bond donors (Lipinski definition) is 1. The first kappa shape index (κ1) is 15.9. The van der Waals surface area contributed by atoms with Gasteiger partial charge in [0, 0.05) is 18.3 Å². The number of ether oxygens (including phenoxy) is 1. The standard InChI is InChI=1S/C19H21NO3/c1-18(2)12-19(9-14(11-20)17(18)22)10-15(21)16(23-19)8-13-6-4-3-5-7-13/h3-7,9,15-16,21H,8,10,12H2,1-2H3. The number of benzene rings is 1. The van der Waals surface area contributed by atoms with E-state index >= 15 is 0 Å². The Labute approximate surface area is 136 Å². The number of nitriles is 1. The van der Waals surface area contributed by atoms with E-state index in [1.807, 2.05) is 50.2 Å². The van der Waals surface area contributed by atoms with Crippen molar-refractivity contribution in [2.75, 3.05) is 0 Å². The Hall–Kier alpha value is -1.96. The second-order valence-electron chi connectivity index (χ2n) is 7.24. The molecule has 1 fully saturated rings. The zero-order chi connectivity index (χ0) is 16.7. The Kier molecular flexibility index (Phi) is 3.87. The number of hydrogen-bond acceptors (Lipinski definition) is 4. The highest BCUT2D eigenvalue weighted by Gasteiger charge is 2.52. The topological polar surface area (TPSA) is 70.3 Å². The van der Waals surface area contributed by atoms with Crippen molar-refractivity contribution in [3.05, 3.63) is 47.5 Å². The van der Waals surface area contributed by atoms with Crippen molar-refractivity contribution in [3.8, 4) is 6.07 Å². The molecule has 1 aliphatic heterocycles. The summed E-state index contributed by atoms with van der Waals surface area (Å²) < 4.78 is 6.19. The van der Waals surface area contributed by atoms with E-state index in [1.54, 1.807) is 6.08 Å². The zero-order valence-electron chi connectivity index (χ0n) is 13.5. The summed E-state index contributed by atoms with van der Waals surface area (Å²) in [6.07, 6.45) is 2.24. The van der Waals surface area contributed by atoms with Crippen molar-refractivity contribution in [1.29, 1.82) is 5.26 Å². The number of aliphatic hydroxyl groups excluding tert-OH is 1. The first-order valence-electron chi connectivity index (χ1n) is 7.93. The average molecular weight is 311 g/mol. The summed E-state index contributed by atoms with van der Waals surface area (Å²) in [4.78, 5) is 12.3. The van der Waals surface area contributed by atoms with Gasteiger partial charge < -0.3 is 9.84 Å². The van der Waals surface area contributed by atoms with Crippen molar-refractivity contribution in [2.45, 2.75) is 50.9 Å². The van der Waals surface area contributed by atoms with Gasteiger partial charge in [-0.1, -0.05) is 44.2 Å². The summed E-state index contributed by atoms with van der Waals surface area (Å²) in [6, 6.07) is 11.9. The minimum absolute atomic E-state index is 0.143. The van der Waals surface area contributed by atoms with Crippen molar-refractivity contribution in [1.82, 2.24) is 0 Å². The summed E-state index contributed by atoms with van der Waals surface area (Å²) in [5, 5.41) is 19.7. The molecule has 3 rings (SSSR count). The molecule has 120 valence electrons. The molecule has 3 atom stereocenters. The Bertz CT molecular complexity index is 686. The molecule has 0 bridgehead atoms. The van der Waals surface area contributed by atoms with E-state index in [1.165, 1.54) is 0 Å². The summed E-state index contributed by atoms with van der Waals surface area (Å²) in [6.45, 7) is 3.67. The first-order chi connectivity index (χ1) is 10.9. The number of Topliss-reactive ketones (excluding diaryl/α,β-unsaturated/α-hetero) is 1. The maximum atomic E-state index is 12.3. The molecule has 1 aromatic carbocycles. The monoisotopic (exact) mass is 311 g/mol. The van der Waals surface area contributed by atoms with Crippen LogP contribution < -0.4 is 0 Å². The smallest absolute Gasteiger partial charge is 0.178 e. The molecule has 4 heteroatoms. The lowest BCUT2D eigenvalue weighted by molar-refractivity contribution is -0.129. The Morgan fingerprint density at radius 2 is 2.04 bits per heavy atom. The fraction of sp³-hybridized carbons (Fsp3) is 0.474. The van der Waals surface area contributed by atoms with Gasteiger partial charge in [0.1, 0.15) is 6.07 Å². The van der Waals surface area contributed by atoms with Crippen LogP contribution in [0.2, 0.25) is 0 Å². The molecule has 0 amide bonds. The van der Waals surface area contributed by atoms with Crippen molar-refractivity contribution >= 4 is 5.78 Å². The molecule has 1 spiro atoms. The number of carbonyl (C=O) groups excluding carboxylic acids is 1. The van der Waals surface area contributed by atoms with Crippen LogP contribution in [0.3, 0.4) is 0 Å². The van der Waals surface area contributed by atoms with Crippen LogP contribution in [0.25, 0.3) is 0 Å². The number of allylic oxidation sites excluding steroid dienone is 1. The summed E-state index contributed by atoms with van der Waals surface area (Å²) in [7, 11) is 0. The van der Waals surface area contributed by atoms with Crippen molar-refractivity contribution in [2.24, 2.45) is 5.41 Å². The summed E-state index contributed by atoms with van der Waals surface area (Å²) in [5.41, 5.74) is -0.124. The zero-order valence-corrected chi connectivity index (χ0v) is 13.5. The maximum absolute atomic E-state index is 12.3. The number of carbonyl (C=O) groups is 1. The summed E-state index contributed by atoms with van der Waals surface area (Å²) >= 11 is 0. The second kappa shape index (κ2) is 5.59. The van der Waals surface area contributed by atoms with Gasteiger partial charge in [0.05, 0.1) is 23.4 Å². The minimum Gasteiger partial charge on any atom is -0.390 e. The highest BCUT2D eigenvalue weighted by Crippen LogP contribution is 2.46. The Morgan fingerprint density at radius 3 is 2.70 bits per heavy atom. The van der Waals surface area contributed by atoms with Crippen LogP contribution in [0.15, 0.2) is 42.0 Å². The normalized spacial score (nSPS) is 32.6. The number of ketones is 1. The molecule has 0 radical (unpaired) electrons. The predicted molar refractivity (Wildman–Crippen MR) is 85.5 cm³/mol. The molecule has 1 saturated heterocycles. The predicted octanol–water partition coefficient (Wildman–Crippen LogP) is 2.57. The lowest BCUT2D eigenvalue weighted by Gasteiger charge is -2.38. The van der Waals surface area contributed by atoms with Gasteiger partial charge in [-0.3, -0.25) is 4.79 Å². The third-order valence-corrected chi connectivity index (χ3v) is 4.78. The first-order valence-corrected chi connectivity index (χ1v) is 7.93. The quantitative estimate of drug-likeness (QED) is 0.911. The fourth-order valence-corrected chi connectivity index (χ4v) is 3.80. The van der Waals surface area contributed by atoms with Gasteiger partial charge >= 0.3 is 0 Å². The highest BCUT2D eigenvalue weighted by molar-refractivity contribution is 6.03. The summed E-state index contributed by atoms with van der Waals surface area (Å²) in [5.74, 6) is -0.143. The Balaban J connectivity index is 1.86. The molecule has 0 saturated carbocycles. The third kappa shape index (κ3) is 2.95. The van der Waals surface area contributed by atoms with E-state index in [-0.39, 0.29) is 17.5 Å². The van der Waals surface area contributed by atoms with E-state index in [2.05, 4.69) is 0 Å². The van der Waals surface area contributed by atoms with Crippen LogP contribution in [0, 0.1) is 16.7 Å².